The summed E-state index contributed by atoms with van der Waals surface area (Å²) in [6.07, 6.45) is -0.671. The molecular formula is C15H11Br2NO3. The number of hydrogen-bond donors (Lipinski definition) is 1. The fourth-order valence-corrected chi connectivity index (χ4v) is 3.10. The first-order chi connectivity index (χ1) is 10.1. The zero-order valence-electron chi connectivity index (χ0n) is 10.8. The Bertz CT molecular complexity index is 690. The van der Waals surface area contributed by atoms with Crippen LogP contribution in [-0.4, -0.2) is 18.6 Å². The van der Waals surface area contributed by atoms with Crippen LogP contribution in [0.3, 0.4) is 0 Å². The van der Waals surface area contributed by atoms with Crippen molar-refractivity contribution in [1.29, 1.82) is 0 Å². The lowest BCUT2D eigenvalue weighted by Crippen LogP contribution is -2.40. The molecule has 0 aromatic heterocycles. The Morgan fingerprint density at radius 2 is 1.90 bits per heavy atom. The average molecular weight is 413 g/mol. The minimum absolute atomic E-state index is 0.191. The molecule has 0 bridgehead atoms. The molecule has 4 nitrogen and oxygen atoms in total. The summed E-state index contributed by atoms with van der Waals surface area (Å²) in [5.74, 6) is 0.998. The third-order valence-corrected chi connectivity index (χ3v) is 4.14. The zero-order valence-corrected chi connectivity index (χ0v) is 14.0. The third kappa shape index (κ3) is 3.22. The van der Waals surface area contributed by atoms with Crippen molar-refractivity contribution in [3.8, 4) is 11.5 Å². The molecule has 0 aliphatic carbocycles. The molecule has 1 aliphatic heterocycles. The number of hydrogen-bond acceptors (Lipinski definition) is 3. The number of nitrogens with one attached hydrogen (secondary N) is 1. The Hall–Kier alpha value is -1.53. The van der Waals surface area contributed by atoms with Crippen molar-refractivity contribution in [2.24, 2.45) is 0 Å². The normalized spacial score (nSPS) is 16.4. The topological polar surface area (TPSA) is 47.6 Å². The van der Waals surface area contributed by atoms with E-state index in [-0.39, 0.29) is 12.5 Å². The first kappa shape index (κ1) is 14.4. The van der Waals surface area contributed by atoms with Crippen molar-refractivity contribution in [2.45, 2.75) is 6.10 Å². The van der Waals surface area contributed by atoms with E-state index in [9.17, 15) is 4.79 Å². The van der Waals surface area contributed by atoms with Gasteiger partial charge in [0, 0.05) is 8.95 Å². The molecule has 21 heavy (non-hydrogen) atoms. The molecule has 1 heterocycles. The van der Waals surface area contributed by atoms with Gasteiger partial charge in [-0.3, -0.25) is 4.79 Å². The predicted octanol–water partition coefficient (Wildman–Crippen LogP) is 3.99. The highest BCUT2D eigenvalue weighted by Crippen LogP contribution is 2.31. The van der Waals surface area contributed by atoms with Gasteiger partial charge in [0.1, 0.15) is 6.61 Å². The molecule has 0 spiro atoms. The number of benzene rings is 2. The number of carbonyl (C=O) groups excluding carboxylic acids is 1. The van der Waals surface area contributed by atoms with E-state index in [2.05, 4.69) is 37.2 Å². The van der Waals surface area contributed by atoms with E-state index in [1.807, 2.05) is 36.4 Å². The van der Waals surface area contributed by atoms with Crippen LogP contribution in [0.1, 0.15) is 0 Å². The van der Waals surface area contributed by atoms with E-state index in [0.29, 0.717) is 17.2 Å². The monoisotopic (exact) mass is 411 g/mol. The number of halogens is 2. The Labute approximate surface area is 138 Å². The van der Waals surface area contributed by atoms with Crippen LogP contribution < -0.4 is 14.8 Å². The Kier molecular flexibility index (Phi) is 4.17. The van der Waals surface area contributed by atoms with Gasteiger partial charge in [-0.1, -0.05) is 28.1 Å². The maximum atomic E-state index is 12.3. The van der Waals surface area contributed by atoms with Gasteiger partial charge in [0.15, 0.2) is 11.5 Å². The number of fused-ring (bicyclic) bond motifs is 1. The molecule has 1 aliphatic rings. The molecule has 2 aromatic carbocycles. The van der Waals surface area contributed by atoms with Gasteiger partial charge in [-0.25, -0.2) is 0 Å². The van der Waals surface area contributed by atoms with Crippen molar-refractivity contribution in [1.82, 2.24) is 0 Å². The van der Waals surface area contributed by atoms with Crippen molar-refractivity contribution in [3.63, 3.8) is 0 Å². The van der Waals surface area contributed by atoms with Crippen LogP contribution in [-0.2, 0) is 4.79 Å². The van der Waals surface area contributed by atoms with Gasteiger partial charge in [0.2, 0.25) is 6.10 Å². The van der Waals surface area contributed by atoms with Crippen molar-refractivity contribution in [2.75, 3.05) is 11.9 Å². The molecule has 0 saturated heterocycles. The Morgan fingerprint density at radius 3 is 2.67 bits per heavy atom. The first-order valence-corrected chi connectivity index (χ1v) is 7.86. The molecule has 0 unspecified atom stereocenters. The van der Waals surface area contributed by atoms with E-state index in [4.69, 9.17) is 9.47 Å². The van der Waals surface area contributed by atoms with Crippen LogP contribution in [0.5, 0.6) is 11.5 Å². The number of ether oxygens (including phenoxy) is 2. The lowest BCUT2D eigenvalue weighted by Gasteiger charge is -2.25. The van der Waals surface area contributed by atoms with Crippen LogP contribution >= 0.6 is 31.9 Å². The molecule has 0 fully saturated rings. The highest BCUT2D eigenvalue weighted by Gasteiger charge is 2.27. The van der Waals surface area contributed by atoms with Crippen LogP contribution in [0.25, 0.3) is 0 Å². The van der Waals surface area contributed by atoms with E-state index in [1.165, 1.54) is 0 Å². The largest absolute Gasteiger partial charge is 0.485 e. The summed E-state index contributed by atoms with van der Waals surface area (Å²) >= 11 is 6.78. The second-order valence-electron chi connectivity index (χ2n) is 4.48. The smallest absolute Gasteiger partial charge is 0.269 e. The van der Waals surface area contributed by atoms with Crippen LogP contribution in [0.15, 0.2) is 51.4 Å². The fraction of sp³-hybridized carbons (Fsp3) is 0.133. The van der Waals surface area contributed by atoms with Gasteiger partial charge in [0.05, 0.1) is 5.69 Å². The van der Waals surface area contributed by atoms with Crippen molar-refractivity contribution < 1.29 is 14.3 Å². The molecule has 6 heteroatoms. The van der Waals surface area contributed by atoms with E-state index in [0.717, 1.165) is 8.95 Å². The molecule has 0 radical (unpaired) electrons. The maximum Gasteiger partial charge on any atom is 0.269 e. The molecule has 1 atom stereocenters. The summed E-state index contributed by atoms with van der Waals surface area (Å²) in [5.41, 5.74) is 0.686. The van der Waals surface area contributed by atoms with Crippen molar-refractivity contribution in [3.05, 3.63) is 51.4 Å². The Balaban J connectivity index is 1.72. The average Bonchev–Trinajstić information content (AvgIpc) is 2.49. The molecule has 108 valence electrons. The maximum absolute atomic E-state index is 12.3. The van der Waals surface area contributed by atoms with Crippen molar-refractivity contribution >= 4 is 43.5 Å². The predicted molar refractivity (Wildman–Crippen MR) is 86.8 cm³/mol. The third-order valence-electron chi connectivity index (χ3n) is 2.99. The van der Waals surface area contributed by atoms with Crippen LogP contribution in [0.2, 0.25) is 0 Å². The highest BCUT2D eigenvalue weighted by molar-refractivity contribution is 9.11. The van der Waals surface area contributed by atoms with Crippen LogP contribution in [0.4, 0.5) is 5.69 Å². The van der Waals surface area contributed by atoms with Gasteiger partial charge < -0.3 is 14.8 Å². The first-order valence-electron chi connectivity index (χ1n) is 6.28. The highest BCUT2D eigenvalue weighted by atomic mass is 79.9. The summed E-state index contributed by atoms with van der Waals surface area (Å²) < 4.78 is 12.9. The number of carbonyl (C=O) groups is 1. The fourth-order valence-electron chi connectivity index (χ4n) is 1.95. The minimum atomic E-state index is -0.671. The summed E-state index contributed by atoms with van der Waals surface area (Å²) in [6, 6.07) is 12.8. The second-order valence-corrected chi connectivity index (χ2v) is 6.25. The summed E-state index contributed by atoms with van der Waals surface area (Å²) in [5, 5.41) is 2.83. The molecule has 0 saturated carbocycles. The quantitative estimate of drug-likeness (QED) is 0.811. The summed E-state index contributed by atoms with van der Waals surface area (Å²) in [7, 11) is 0. The number of anilines is 1. The van der Waals surface area contributed by atoms with Gasteiger partial charge in [-0.15, -0.1) is 0 Å². The van der Waals surface area contributed by atoms with E-state index < -0.39 is 6.10 Å². The lowest BCUT2D eigenvalue weighted by atomic mass is 10.2. The van der Waals surface area contributed by atoms with E-state index >= 15 is 0 Å². The van der Waals surface area contributed by atoms with Gasteiger partial charge in [-0.2, -0.15) is 0 Å². The minimum Gasteiger partial charge on any atom is -0.485 e. The lowest BCUT2D eigenvalue weighted by molar-refractivity contribution is -0.125. The molecular weight excluding hydrogens is 402 g/mol. The van der Waals surface area contributed by atoms with Crippen LogP contribution in [0, 0.1) is 0 Å². The molecule has 1 N–H and O–H groups in total. The Morgan fingerprint density at radius 1 is 1.14 bits per heavy atom. The molecule has 2 aromatic rings. The summed E-state index contributed by atoms with van der Waals surface area (Å²) in [4.78, 5) is 12.3. The zero-order chi connectivity index (χ0) is 14.8. The number of amides is 1. The second kappa shape index (κ2) is 6.07. The SMILES string of the molecule is O=C(Nc1ccc(Br)cc1Br)[C@@H]1COc2ccccc2O1. The molecule has 3 rings (SSSR count). The van der Waals surface area contributed by atoms with Gasteiger partial charge >= 0.3 is 0 Å². The van der Waals surface area contributed by atoms with Gasteiger partial charge in [0.25, 0.3) is 5.91 Å². The summed E-state index contributed by atoms with van der Waals surface area (Å²) in [6.45, 7) is 0.191. The number of para-hydroxylation sites is 2. The number of rotatable bonds is 2. The van der Waals surface area contributed by atoms with E-state index in [1.54, 1.807) is 6.07 Å². The standard InChI is InChI=1S/C15H11Br2NO3/c16-9-5-6-11(10(17)7-9)18-15(19)14-8-20-12-3-1-2-4-13(12)21-14/h1-7,14H,8H2,(H,18,19)/t14-/m0/s1. The molecule has 1 amide bonds. The van der Waals surface area contributed by atoms with Gasteiger partial charge in [-0.05, 0) is 46.3 Å².